The summed E-state index contributed by atoms with van der Waals surface area (Å²) in [7, 11) is 1.87. The third kappa shape index (κ3) is 5.39. The Hall–Kier alpha value is -0.710. The van der Waals surface area contributed by atoms with E-state index < -0.39 is 11.6 Å². The number of benzene rings is 1. The van der Waals surface area contributed by atoms with Gasteiger partial charge in [-0.3, -0.25) is 0 Å². The maximum Gasteiger partial charge on any atom is 0.126 e. The van der Waals surface area contributed by atoms with Crippen LogP contribution in [0.4, 0.5) is 8.78 Å². The Balaban J connectivity index is 0.00000225. The zero-order chi connectivity index (χ0) is 11.4. The predicted octanol–water partition coefficient (Wildman–Crippen LogP) is 2.17. The molecule has 2 nitrogen and oxygen atoms in total. The first-order valence-electron chi connectivity index (χ1n) is 4.86. The van der Waals surface area contributed by atoms with Crippen LogP contribution in [0.3, 0.4) is 0 Å². The van der Waals surface area contributed by atoms with Crippen LogP contribution >= 0.6 is 12.4 Å². The fourth-order valence-electron chi connectivity index (χ4n) is 1.57. The summed E-state index contributed by atoms with van der Waals surface area (Å²) in [4.78, 5) is 1.93. The molecule has 0 bridgehead atoms. The van der Waals surface area contributed by atoms with Crippen molar-refractivity contribution in [3.63, 3.8) is 0 Å². The van der Waals surface area contributed by atoms with Gasteiger partial charge in [-0.1, -0.05) is 0 Å². The second-order valence-electron chi connectivity index (χ2n) is 3.95. The molecule has 0 spiro atoms. The average molecular weight is 251 g/mol. The third-order valence-electron chi connectivity index (χ3n) is 1.97. The summed E-state index contributed by atoms with van der Waals surface area (Å²) in [5, 5.41) is 0. The summed E-state index contributed by atoms with van der Waals surface area (Å²) in [6, 6.07) is 3.59. The van der Waals surface area contributed by atoms with E-state index in [1.54, 1.807) is 0 Å². The lowest BCUT2D eigenvalue weighted by molar-refractivity contribution is 0.309. The summed E-state index contributed by atoms with van der Waals surface area (Å²) in [6.45, 7) is 3.08. The number of halogens is 3. The van der Waals surface area contributed by atoms with Crippen molar-refractivity contribution in [1.29, 1.82) is 0 Å². The van der Waals surface area contributed by atoms with Crippen LogP contribution in [-0.2, 0) is 6.54 Å². The molecule has 1 unspecified atom stereocenters. The van der Waals surface area contributed by atoms with Gasteiger partial charge in [-0.05, 0) is 31.7 Å². The van der Waals surface area contributed by atoms with Crippen LogP contribution in [0, 0.1) is 11.6 Å². The van der Waals surface area contributed by atoms with Crippen LogP contribution in [0.15, 0.2) is 18.2 Å². The van der Waals surface area contributed by atoms with E-state index in [9.17, 15) is 8.78 Å². The minimum atomic E-state index is -0.542. The van der Waals surface area contributed by atoms with E-state index in [4.69, 9.17) is 5.73 Å². The minimum absolute atomic E-state index is 0. The number of rotatable bonds is 4. The molecule has 5 heteroatoms. The molecule has 0 heterocycles. The van der Waals surface area contributed by atoms with Crippen molar-refractivity contribution in [2.45, 2.75) is 19.5 Å². The predicted molar refractivity (Wildman–Crippen MR) is 63.6 cm³/mol. The largest absolute Gasteiger partial charge is 0.327 e. The van der Waals surface area contributed by atoms with E-state index in [1.807, 2.05) is 18.9 Å². The van der Waals surface area contributed by atoms with E-state index in [2.05, 4.69) is 0 Å². The highest BCUT2D eigenvalue weighted by Gasteiger charge is 2.05. The zero-order valence-corrected chi connectivity index (χ0v) is 10.2. The highest BCUT2D eigenvalue weighted by molar-refractivity contribution is 5.85. The summed E-state index contributed by atoms with van der Waals surface area (Å²) >= 11 is 0. The lowest BCUT2D eigenvalue weighted by Gasteiger charge is -2.18. The Bertz CT molecular complexity index is 312. The molecule has 0 aliphatic rings. The van der Waals surface area contributed by atoms with Gasteiger partial charge in [0.05, 0.1) is 0 Å². The summed E-state index contributed by atoms with van der Waals surface area (Å²) in [5.41, 5.74) is 6.24. The Morgan fingerprint density at radius 2 is 1.75 bits per heavy atom. The van der Waals surface area contributed by atoms with Gasteiger partial charge in [0, 0.05) is 25.2 Å². The van der Waals surface area contributed by atoms with Crippen molar-refractivity contribution in [3.05, 3.63) is 35.4 Å². The molecule has 1 atom stereocenters. The van der Waals surface area contributed by atoms with Crippen LogP contribution < -0.4 is 5.73 Å². The number of hydrogen-bond donors (Lipinski definition) is 1. The molecule has 0 aromatic heterocycles. The van der Waals surface area contributed by atoms with Gasteiger partial charge in [0.2, 0.25) is 0 Å². The lowest BCUT2D eigenvalue weighted by Crippen LogP contribution is -2.32. The standard InChI is InChI=1S/C11H16F2N2.ClH/c1-8(14)6-15(2)7-9-3-10(12)5-11(13)4-9;/h3-5,8H,6-7,14H2,1-2H3;1H. The molecule has 16 heavy (non-hydrogen) atoms. The second-order valence-corrected chi connectivity index (χ2v) is 3.95. The highest BCUT2D eigenvalue weighted by Crippen LogP contribution is 2.09. The molecule has 0 saturated carbocycles. The fraction of sp³-hybridized carbons (Fsp3) is 0.455. The molecule has 1 rings (SSSR count). The maximum atomic E-state index is 12.9. The maximum absolute atomic E-state index is 12.9. The molecule has 0 aliphatic heterocycles. The molecule has 0 aliphatic carbocycles. The Morgan fingerprint density at radius 1 is 1.25 bits per heavy atom. The number of nitrogens with two attached hydrogens (primary N) is 1. The smallest absolute Gasteiger partial charge is 0.126 e. The van der Waals surface area contributed by atoms with Crippen LogP contribution in [-0.4, -0.2) is 24.5 Å². The highest BCUT2D eigenvalue weighted by atomic mass is 35.5. The van der Waals surface area contributed by atoms with Crippen molar-refractivity contribution in [3.8, 4) is 0 Å². The normalized spacial score (nSPS) is 12.4. The molecule has 1 aromatic carbocycles. The minimum Gasteiger partial charge on any atom is -0.327 e. The van der Waals surface area contributed by atoms with Gasteiger partial charge in [-0.15, -0.1) is 12.4 Å². The third-order valence-corrected chi connectivity index (χ3v) is 1.97. The molecule has 0 saturated heterocycles. The van der Waals surface area contributed by atoms with Crippen molar-refractivity contribution >= 4 is 12.4 Å². The Kier molecular flexibility index (Phi) is 6.48. The Morgan fingerprint density at radius 3 is 2.19 bits per heavy atom. The summed E-state index contributed by atoms with van der Waals surface area (Å²) in [5.74, 6) is -1.08. The molecule has 2 N–H and O–H groups in total. The average Bonchev–Trinajstić information content (AvgIpc) is 1.98. The Labute approximate surface area is 101 Å². The van der Waals surface area contributed by atoms with Crippen LogP contribution in [0.1, 0.15) is 12.5 Å². The number of nitrogens with zero attached hydrogens (tertiary/aromatic N) is 1. The summed E-state index contributed by atoms with van der Waals surface area (Å²) < 4.78 is 25.7. The van der Waals surface area contributed by atoms with E-state index in [0.29, 0.717) is 18.7 Å². The van der Waals surface area contributed by atoms with Gasteiger partial charge in [0.1, 0.15) is 11.6 Å². The monoisotopic (exact) mass is 250 g/mol. The number of likely N-dealkylation sites (N-methyl/N-ethyl adjacent to an activating group) is 1. The first kappa shape index (κ1) is 15.3. The molecule has 0 amide bonds. The van der Waals surface area contributed by atoms with Crippen molar-refractivity contribution < 1.29 is 8.78 Å². The van der Waals surface area contributed by atoms with Gasteiger partial charge in [0.15, 0.2) is 0 Å². The first-order valence-corrected chi connectivity index (χ1v) is 4.86. The summed E-state index contributed by atoms with van der Waals surface area (Å²) in [6.07, 6.45) is 0. The first-order chi connectivity index (χ1) is 6.97. The van der Waals surface area contributed by atoms with Crippen molar-refractivity contribution in [2.75, 3.05) is 13.6 Å². The zero-order valence-electron chi connectivity index (χ0n) is 9.41. The van der Waals surface area contributed by atoms with Gasteiger partial charge < -0.3 is 10.6 Å². The van der Waals surface area contributed by atoms with E-state index in [-0.39, 0.29) is 18.4 Å². The van der Waals surface area contributed by atoms with Gasteiger partial charge in [-0.2, -0.15) is 0 Å². The second kappa shape index (κ2) is 6.78. The quantitative estimate of drug-likeness (QED) is 0.888. The molecule has 0 radical (unpaired) electrons. The lowest BCUT2D eigenvalue weighted by atomic mass is 10.2. The van der Waals surface area contributed by atoms with Crippen molar-refractivity contribution in [1.82, 2.24) is 4.90 Å². The van der Waals surface area contributed by atoms with E-state index in [1.165, 1.54) is 12.1 Å². The molecule has 0 fully saturated rings. The molecule has 92 valence electrons. The topological polar surface area (TPSA) is 29.3 Å². The van der Waals surface area contributed by atoms with Gasteiger partial charge in [0.25, 0.3) is 0 Å². The SMILES string of the molecule is CC(N)CN(C)Cc1cc(F)cc(F)c1.Cl. The van der Waals surface area contributed by atoms with E-state index in [0.717, 1.165) is 6.07 Å². The number of hydrogen-bond acceptors (Lipinski definition) is 2. The van der Waals surface area contributed by atoms with Crippen LogP contribution in [0.5, 0.6) is 0 Å². The molecule has 1 aromatic rings. The molecular weight excluding hydrogens is 234 g/mol. The van der Waals surface area contributed by atoms with E-state index >= 15 is 0 Å². The van der Waals surface area contributed by atoms with Gasteiger partial charge in [-0.25, -0.2) is 8.78 Å². The fourth-order valence-corrected chi connectivity index (χ4v) is 1.57. The van der Waals surface area contributed by atoms with Gasteiger partial charge >= 0.3 is 0 Å². The molecular formula is C11H17ClF2N2. The van der Waals surface area contributed by atoms with Crippen molar-refractivity contribution in [2.24, 2.45) is 5.73 Å². The van der Waals surface area contributed by atoms with Crippen LogP contribution in [0.25, 0.3) is 0 Å². The van der Waals surface area contributed by atoms with Crippen LogP contribution in [0.2, 0.25) is 0 Å².